The van der Waals surface area contributed by atoms with Gasteiger partial charge in [-0.1, -0.05) is 29.8 Å². The van der Waals surface area contributed by atoms with Crippen LogP contribution in [-0.4, -0.2) is 9.55 Å². The van der Waals surface area contributed by atoms with E-state index in [0.717, 1.165) is 33.1 Å². The standard InChI is InChI=1S/C21H15ClFN3S.BrH/c1-14-19(8-5-11-24-14)26-20(15-9-10-18(23)17(22)12-15)13-27-21(26)25-16-6-3-2-4-7-16;/h2-13H,1H3;1H/p-1. The van der Waals surface area contributed by atoms with Crippen molar-refractivity contribution in [2.75, 3.05) is 0 Å². The van der Waals surface area contributed by atoms with E-state index in [1.165, 1.54) is 17.4 Å². The molecule has 0 bridgehead atoms. The van der Waals surface area contributed by atoms with Gasteiger partial charge < -0.3 is 17.0 Å². The number of para-hydroxylation sites is 1. The van der Waals surface area contributed by atoms with Crippen LogP contribution in [0.4, 0.5) is 10.1 Å². The SMILES string of the molecule is Cc1ncccc1-n1c(-c2ccc(F)c(Cl)c2)csc1=Nc1ccccc1.[Br-]. The number of benzene rings is 2. The molecule has 4 aromatic rings. The maximum atomic E-state index is 13.6. The molecule has 0 saturated heterocycles. The average molecular weight is 476 g/mol. The summed E-state index contributed by atoms with van der Waals surface area (Å²) in [5.74, 6) is -0.436. The monoisotopic (exact) mass is 474 g/mol. The van der Waals surface area contributed by atoms with Gasteiger partial charge in [0.15, 0.2) is 4.80 Å². The average Bonchev–Trinajstić information content (AvgIpc) is 3.08. The second-order valence-corrected chi connectivity index (χ2v) is 7.17. The molecular weight excluding hydrogens is 461 g/mol. The normalized spacial score (nSPS) is 11.3. The van der Waals surface area contributed by atoms with E-state index in [4.69, 9.17) is 16.6 Å². The van der Waals surface area contributed by atoms with E-state index in [1.54, 1.807) is 18.3 Å². The van der Waals surface area contributed by atoms with Gasteiger partial charge in [0.25, 0.3) is 0 Å². The molecule has 0 unspecified atom stereocenters. The molecule has 4 rings (SSSR count). The fourth-order valence-electron chi connectivity index (χ4n) is 2.80. The van der Waals surface area contributed by atoms with Crippen molar-refractivity contribution in [2.45, 2.75) is 6.92 Å². The fraction of sp³-hybridized carbons (Fsp3) is 0.0476. The molecule has 2 heterocycles. The molecule has 28 heavy (non-hydrogen) atoms. The fourth-order valence-corrected chi connectivity index (χ4v) is 3.90. The van der Waals surface area contributed by atoms with Gasteiger partial charge in [0.2, 0.25) is 0 Å². The maximum Gasteiger partial charge on any atom is 0.195 e. The molecule has 2 aromatic heterocycles. The molecule has 7 heteroatoms. The smallest absolute Gasteiger partial charge is 0.195 e. The zero-order valence-corrected chi connectivity index (χ0v) is 18.0. The Labute approximate surface area is 181 Å². The summed E-state index contributed by atoms with van der Waals surface area (Å²) in [7, 11) is 0. The van der Waals surface area contributed by atoms with Gasteiger partial charge in [0.05, 0.1) is 27.8 Å². The number of aromatic nitrogens is 2. The van der Waals surface area contributed by atoms with Crippen molar-refractivity contribution < 1.29 is 21.4 Å². The maximum absolute atomic E-state index is 13.6. The lowest BCUT2D eigenvalue weighted by atomic mass is 10.1. The van der Waals surface area contributed by atoms with E-state index in [1.807, 2.05) is 59.3 Å². The highest BCUT2D eigenvalue weighted by Gasteiger charge is 2.14. The molecule has 0 amide bonds. The molecule has 0 fully saturated rings. The molecule has 0 aliphatic heterocycles. The van der Waals surface area contributed by atoms with Crippen molar-refractivity contribution in [1.29, 1.82) is 0 Å². The quantitative estimate of drug-likeness (QED) is 0.448. The van der Waals surface area contributed by atoms with Crippen LogP contribution in [0.25, 0.3) is 16.9 Å². The molecule has 0 radical (unpaired) electrons. The first-order valence-corrected chi connectivity index (χ1v) is 9.57. The second kappa shape index (κ2) is 8.82. The Hall–Kier alpha value is -2.28. The molecule has 3 nitrogen and oxygen atoms in total. The number of thiazole rings is 1. The highest BCUT2D eigenvalue weighted by Crippen LogP contribution is 2.28. The minimum atomic E-state index is -0.436. The van der Waals surface area contributed by atoms with Crippen molar-refractivity contribution in [2.24, 2.45) is 4.99 Å². The van der Waals surface area contributed by atoms with Crippen LogP contribution < -0.4 is 21.8 Å². The molecule has 0 atom stereocenters. The third-order valence-electron chi connectivity index (χ3n) is 4.12. The zero-order chi connectivity index (χ0) is 18.8. The predicted octanol–water partition coefficient (Wildman–Crippen LogP) is 2.94. The van der Waals surface area contributed by atoms with Gasteiger partial charge in [-0.3, -0.25) is 9.55 Å². The summed E-state index contributed by atoms with van der Waals surface area (Å²) in [4.78, 5) is 10.00. The molecule has 0 saturated carbocycles. The third kappa shape index (κ3) is 4.09. The van der Waals surface area contributed by atoms with E-state index in [-0.39, 0.29) is 22.0 Å². The Balaban J connectivity index is 0.00000225. The van der Waals surface area contributed by atoms with E-state index < -0.39 is 5.82 Å². The van der Waals surface area contributed by atoms with Crippen LogP contribution in [0.2, 0.25) is 5.02 Å². The van der Waals surface area contributed by atoms with Crippen LogP contribution in [0.5, 0.6) is 0 Å². The van der Waals surface area contributed by atoms with Crippen LogP contribution >= 0.6 is 22.9 Å². The van der Waals surface area contributed by atoms with E-state index >= 15 is 0 Å². The molecule has 2 aromatic carbocycles. The van der Waals surface area contributed by atoms with Gasteiger partial charge >= 0.3 is 0 Å². The number of rotatable bonds is 3. The van der Waals surface area contributed by atoms with Crippen LogP contribution in [0.15, 0.2) is 77.2 Å². The topological polar surface area (TPSA) is 30.2 Å². The molecule has 142 valence electrons. The molecule has 0 spiro atoms. The first-order chi connectivity index (χ1) is 13.1. The van der Waals surface area contributed by atoms with Crippen molar-refractivity contribution >= 4 is 28.6 Å². The summed E-state index contributed by atoms with van der Waals surface area (Å²) < 4.78 is 15.7. The summed E-state index contributed by atoms with van der Waals surface area (Å²) in [6, 6.07) is 18.4. The highest BCUT2D eigenvalue weighted by atomic mass is 79.9. The molecule has 0 aliphatic carbocycles. The summed E-state index contributed by atoms with van der Waals surface area (Å²) in [6.45, 7) is 1.95. The van der Waals surface area contributed by atoms with Crippen molar-refractivity contribution in [3.63, 3.8) is 0 Å². The summed E-state index contributed by atoms with van der Waals surface area (Å²) >= 11 is 7.52. The Bertz CT molecular complexity index is 1170. The first-order valence-electron chi connectivity index (χ1n) is 8.31. The van der Waals surface area contributed by atoms with Crippen LogP contribution in [0.3, 0.4) is 0 Å². The largest absolute Gasteiger partial charge is 1.00 e. The number of aryl methyl sites for hydroxylation is 1. The summed E-state index contributed by atoms with van der Waals surface area (Å²) in [5.41, 5.74) is 4.35. The van der Waals surface area contributed by atoms with Crippen LogP contribution in [-0.2, 0) is 0 Å². The Morgan fingerprint density at radius 3 is 2.57 bits per heavy atom. The minimum absolute atomic E-state index is 0. The lowest BCUT2D eigenvalue weighted by molar-refractivity contribution is -0.00000594. The summed E-state index contributed by atoms with van der Waals surface area (Å²) in [6.07, 6.45) is 1.76. The molecule has 0 N–H and O–H groups in total. The van der Waals surface area contributed by atoms with Gasteiger partial charge in [-0.25, -0.2) is 9.38 Å². The predicted molar refractivity (Wildman–Crippen MR) is 108 cm³/mol. The number of hydrogen-bond acceptors (Lipinski definition) is 3. The van der Waals surface area contributed by atoms with Gasteiger partial charge in [-0.2, -0.15) is 0 Å². The highest BCUT2D eigenvalue weighted by molar-refractivity contribution is 7.07. The molecular formula is C21H15BrClFN3S-. The van der Waals surface area contributed by atoms with Crippen LogP contribution in [0.1, 0.15) is 5.69 Å². The zero-order valence-electron chi connectivity index (χ0n) is 14.8. The number of hydrogen-bond donors (Lipinski definition) is 0. The van der Waals surface area contributed by atoms with Crippen molar-refractivity contribution in [3.05, 3.63) is 93.6 Å². The Morgan fingerprint density at radius 2 is 1.86 bits per heavy atom. The number of pyridine rings is 1. The minimum Gasteiger partial charge on any atom is -1.00 e. The van der Waals surface area contributed by atoms with E-state index in [9.17, 15) is 4.39 Å². The van der Waals surface area contributed by atoms with Crippen molar-refractivity contribution in [3.8, 4) is 16.9 Å². The Kier molecular flexibility index (Phi) is 6.44. The van der Waals surface area contributed by atoms with Gasteiger partial charge in [0.1, 0.15) is 5.82 Å². The van der Waals surface area contributed by atoms with Gasteiger partial charge in [-0.15, -0.1) is 11.3 Å². The van der Waals surface area contributed by atoms with Gasteiger partial charge in [0, 0.05) is 17.1 Å². The molecule has 0 aliphatic rings. The lowest BCUT2D eigenvalue weighted by Gasteiger charge is -2.11. The van der Waals surface area contributed by atoms with Gasteiger partial charge in [-0.05, 0) is 49.4 Å². The third-order valence-corrected chi connectivity index (χ3v) is 5.24. The Morgan fingerprint density at radius 1 is 1.07 bits per heavy atom. The van der Waals surface area contributed by atoms with Crippen molar-refractivity contribution in [1.82, 2.24) is 9.55 Å². The first kappa shape index (κ1) is 20.5. The summed E-state index contributed by atoms with van der Waals surface area (Å²) in [5, 5.41) is 2.09. The van der Waals surface area contributed by atoms with E-state index in [2.05, 4.69) is 4.98 Å². The second-order valence-electron chi connectivity index (χ2n) is 5.92. The number of halogens is 3. The number of nitrogens with zero attached hydrogens (tertiary/aromatic N) is 3. The van der Waals surface area contributed by atoms with Crippen LogP contribution in [0, 0.1) is 12.7 Å². The van der Waals surface area contributed by atoms with E-state index in [0.29, 0.717) is 0 Å². The lowest BCUT2D eigenvalue weighted by Crippen LogP contribution is -3.00.